The Hall–Kier alpha value is -3.29. The second-order valence-electron chi connectivity index (χ2n) is 13.5. The molecule has 3 fully saturated rings. The normalized spacial score (nSPS) is 28.6. The summed E-state index contributed by atoms with van der Waals surface area (Å²) in [4.78, 5) is 33.8. The maximum absolute atomic E-state index is 12.9. The molecule has 228 valence electrons. The van der Waals surface area contributed by atoms with E-state index in [0.29, 0.717) is 30.6 Å². The fourth-order valence-electron chi connectivity index (χ4n) is 7.89. The van der Waals surface area contributed by atoms with Gasteiger partial charge in [-0.1, -0.05) is 76.8 Å². The smallest absolute Gasteiger partial charge is 0.338 e. The molecule has 5 atom stereocenters. The van der Waals surface area contributed by atoms with Crippen molar-refractivity contribution in [3.63, 3.8) is 0 Å². The van der Waals surface area contributed by atoms with Crippen molar-refractivity contribution in [2.45, 2.75) is 104 Å². The Morgan fingerprint density at radius 3 is 2.38 bits per heavy atom. The Bertz CT molecular complexity index is 1250. The van der Waals surface area contributed by atoms with E-state index in [4.69, 9.17) is 4.74 Å². The number of esters is 1. The number of ether oxygens (including phenoxy) is 1. The standard InChI is InChI=1S/C34H46N2O6/c1-22(2)8-6-9-24(4)31-15-16-32-25(10-7-17-34(31,32)5)12-13-26-20-30(14-11-23(26)3)42-33(37)27-18-28(35(38)39)21-29(19-27)36(40)41/h12-13,18-19,21-22,24,30-32H,3,6-11,14-17,20H2,1-2,4-5H3/b25-12+,26-13-/t24-,30+,31-,32+,34-/m1/s1. The first-order chi connectivity index (χ1) is 19.9. The van der Waals surface area contributed by atoms with Gasteiger partial charge in [0.25, 0.3) is 11.4 Å². The van der Waals surface area contributed by atoms with Gasteiger partial charge in [0.1, 0.15) is 6.10 Å². The van der Waals surface area contributed by atoms with Gasteiger partial charge >= 0.3 is 5.97 Å². The number of allylic oxidation sites excluding steroid dienone is 4. The van der Waals surface area contributed by atoms with Crippen LogP contribution in [-0.4, -0.2) is 21.9 Å². The number of nitrogens with zero attached hydrogens (tertiary/aromatic N) is 2. The molecule has 0 aliphatic heterocycles. The van der Waals surface area contributed by atoms with Gasteiger partial charge in [0.2, 0.25) is 0 Å². The predicted molar refractivity (Wildman–Crippen MR) is 164 cm³/mol. The van der Waals surface area contributed by atoms with Gasteiger partial charge in [-0.2, -0.15) is 0 Å². The molecule has 0 aromatic heterocycles. The molecule has 0 amide bonds. The third-order valence-electron chi connectivity index (χ3n) is 10.2. The van der Waals surface area contributed by atoms with Gasteiger partial charge in [0.15, 0.2) is 0 Å². The Labute approximate surface area is 249 Å². The van der Waals surface area contributed by atoms with Crippen molar-refractivity contribution in [1.82, 2.24) is 0 Å². The van der Waals surface area contributed by atoms with E-state index in [1.54, 1.807) is 0 Å². The number of rotatable bonds is 10. The SMILES string of the molecule is C=C1CC[C@H](OC(=O)c2cc([N+](=O)[O-])cc([N+](=O)[O-])c2)C/C1=C/C=C1\CCC[C@]2(C)[C@@H]([C@H](C)CCCC(C)C)CC[C@@H]12. The van der Waals surface area contributed by atoms with Crippen molar-refractivity contribution in [3.8, 4) is 0 Å². The van der Waals surface area contributed by atoms with Gasteiger partial charge < -0.3 is 4.74 Å². The molecule has 0 saturated heterocycles. The summed E-state index contributed by atoms with van der Waals surface area (Å²) < 4.78 is 5.70. The summed E-state index contributed by atoms with van der Waals surface area (Å²) in [6.45, 7) is 13.9. The average molecular weight is 579 g/mol. The lowest BCUT2D eigenvalue weighted by Gasteiger charge is -2.44. The number of fused-ring (bicyclic) bond motifs is 1. The first-order valence-corrected chi connectivity index (χ1v) is 15.6. The number of benzene rings is 1. The van der Waals surface area contributed by atoms with Crippen LogP contribution in [0.4, 0.5) is 11.4 Å². The van der Waals surface area contributed by atoms with Crippen LogP contribution in [0.3, 0.4) is 0 Å². The summed E-state index contributed by atoms with van der Waals surface area (Å²) in [6, 6.07) is 2.89. The predicted octanol–water partition coefficient (Wildman–Crippen LogP) is 9.30. The molecule has 0 unspecified atom stereocenters. The number of carbonyl (C=O) groups is 1. The van der Waals surface area contributed by atoms with Crippen LogP contribution in [0.2, 0.25) is 0 Å². The second kappa shape index (κ2) is 13.3. The van der Waals surface area contributed by atoms with Crippen LogP contribution in [0.5, 0.6) is 0 Å². The molecule has 0 N–H and O–H groups in total. The summed E-state index contributed by atoms with van der Waals surface area (Å²) in [7, 11) is 0. The van der Waals surface area contributed by atoms with E-state index in [1.807, 2.05) is 0 Å². The summed E-state index contributed by atoms with van der Waals surface area (Å²) in [5, 5.41) is 22.5. The van der Waals surface area contributed by atoms with Crippen LogP contribution in [0.25, 0.3) is 0 Å². The van der Waals surface area contributed by atoms with E-state index in [9.17, 15) is 25.0 Å². The van der Waals surface area contributed by atoms with Crippen molar-refractivity contribution < 1.29 is 19.4 Å². The number of hydrogen-bond acceptors (Lipinski definition) is 6. The number of hydrogen-bond donors (Lipinski definition) is 0. The summed E-state index contributed by atoms with van der Waals surface area (Å²) in [5.74, 6) is 2.09. The largest absolute Gasteiger partial charge is 0.458 e. The average Bonchev–Trinajstić information content (AvgIpc) is 3.30. The molecule has 3 saturated carbocycles. The molecule has 1 aromatic carbocycles. The number of non-ortho nitro benzene ring substituents is 2. The quantitative estimate of drug-likeness (QED) is 0.155. The van der Waals surface area contributed by atoms with Gasteiger partial charge in [-0.15, -0.1) is 0 Å². The highest BCUT2D eigenvalue weighted by Crippen LogP contribution is 2.60. The number of carbonyl (C=O) groups excluding carboxylic acids is 1. The summed E-state index contributed by atoms with van der Waals surface area (Å²) in [5.41, 5.74) is 2.75. The highest BCUT2D eigenvalue weighted by molar-refractivity contribution is 5.91. The Balaban J connectivity index is 1.45. The third-order valence-corrected chi connectivity index (χ3v) is 10.2. The molecule has 3 aliphatic carbocycles. The zero-order valence-corrected chi connectivity index (χ0v) is 25.6. The molecule has 0 spiro atoms. The van der Waals surface area contributed by atoms with Crippen LogP contribution in [0.1, 0.15) is 109 Å². The van der Waals surface area contributed by atoms with Crippen LogP contribution >= 0.6 is 0 Å². The fraction of sp³-hybridized carbons (Fsp3) is 0.618. The Morgan fingerprint density at radius 2 is 1.74 bits per heavy atom. The van der Waals surface area contributed by atoms with E-state index < -0.39 is 33.3 Å². The lowest BCUT2D eigenvalue weighted by atomic mass is 9.60. The lowest BCUT2D eigenvalue weighted by Crippen LogP contribution is -2.36. The van der Waals surface area contributed by atoms with Crippen LogP contribution in [0.15, 0.2) is 53.6 Å². The molecule has 0 heterocycles. The van der Waals surface area contributed by atoms with E-state index in [0.717, 1.165) is 53.5 Å². The van der Waals surface area contributed by atoms with Crippen LogP contribution < -0.4 is 0 Å². The minimum atomic E-state index is -0.792. The van der Waals surface area contributed by atoms with Gasteiger partial charge in [0.05, 0.1) is 21.5 Å². The molecular weight excluding hydrogens is 532 g/mol. The van der Waals surface area contributed by atoms with Gasteiger partial charge in [-0.3, -0.25) is 20.2 Å². The maximum atomic E-state index is 12.9. The summed E-state index contributed by atoms with van der Waals surface area (Å²) in [6.07, 6.45) is 16.0. The third kappa shape index (κ3) is 7.19. The monoisotopic (exact) mass is 578 g/mol. The van der Waals surface area contributed by atoms with Crippen molar-refractivity contribution >= 4 is 17.3 Å². The molecule has 4 rings (SSSR count). The second-order valence-corrected chi connectivity index (χ2v) is 13.5. The molecule has 0 bridgehead atoms. The Kier molecular flexibility index (Phi) is 10.1. The van der Waals surface area contributed by atoms with E-state index in [1.165, 1.54) is 50.5 Å². The summed E-state index contributed by atoms with van der Waals surface area (Å²) >= 11 is 0. The fourth-order valence-corrected chi connectivity index (χ4v) is 7.89. The van der Waals surface area contributed by atoms with Gasteiger partial charge in [-0.05, 0) is 79.6 Å². The first-order valence-electron chi connectivity index (χ1n) is 15.6. The highest BCUT2D eigenvalue weighted by atomic mass is 16.6. The van der Waals surface area contributed by atoms with E-state index >= 15 is 0 Å². The topological polar surface area (TPSA) is 113 Å². The molecule has 0 radical (unpaired) electrons. The van der Waals surface area contributed by atoms with Crippen molar-refractivity contribution in [2.24, 2.45) is 29.1 Å². The van der Waals surface area contributed by atoms with Crippen molar-refractivity contribution in [1.29, 1.82) is 0 Å². The van der Waals surface area contributed by atoms with Crippen LogP contribution in [-0.2, 0) is 4.74 Å². The maximum Gasteiger partial charge on any atom is 0.338 e. The van der Waals surface area contributed by atoms with Crippen molar-refractivity contribution in [2.75, 3.05) is 0 Å². The number of nitro groups is 2. The lowest BCUT2D eigenvalue weighted by molar-refractivity contribution is -0.394. The molecule has 3 aliphatic rings. The van der Waals surface area contributed by atoms with Gasteiger partial charge in [-0.25, -0.2) is 4.79 Å². The molecule has 8 heteroatoms. The van der Waals surface area contributed by atoms with E-state index in [-0.39, 0.29) is 5.56 Å². The zero-order chi connectivity index (χ0) is 30.6. The zero-order valence-electron chi connectivity index (χ0n) is 25.6. The molecule has 8 nitrogen and oxygen atoms in total. The highest BCUT2D eigenvalue weighted by Gasteiger charge is 2.50. The Morgan fingerprint density at radius 1 is 1.05 bits per heavy atom. The minimum Gasteiger partial charge on any atom is -0.458 e. The number of nitro benzene ring substituents is 2. The van der Waals surface area contributed by atoms with Gasteiger partial charge in [0, 0.05) is 18.6 Å². The molecule has 1 aromatic rings. The van der Waals surface area contributed by atoms with Crippen molar-refractivity contribution in [3.05, 3.63) is 79.4 Å². The molecular formula is C34H46N2O6. The molecule has 42 heavy (non-hydrogen) atoms. The van der Waals surface area contributed by atoms with E-state index in [2.05, 4.69) is 46.4 Å². The first kappa shape index (κ1) is 31.6. The van der Waals surface area contributed by atoms with Crippen LogP contribution in [0, 0.1) is 49.3 Å². The minimum absolute atomic E-state index is 0.191.